The van der Waals surface area contributed by atoms with Crippen LogP contribution in [0.1, 0.15) is 19.3 Å². The fourth-order valence-electron chi connectivity index (χ4n) is 4.95. The minimum Gasteiger partial charge on any atom is -0.484 e. The molecule has 33 heavy (non-hydrogen) atoms. The van der Waals surface area contributed by atoms with Crippen LogP contribution in [0.15, 0.2) is 18.2 Å². The van der Waals surface area contributed by atoms with Gasteiger partial charge in [0.2, 0.25) is 5.91 Å². The predicted molar refractivity (Wildman–Crippen MR) is 103 cm³/mol. The number of fused-ring (bicyclic) bond motifs is 1. The first-order valence-corrected chi connectivity index (χ1v) is 10.5. The molecular weight excluding hydrogens is 452 g/mol. The molecule has 4 N–H and O–H groups in total. The highest BCUT2D eigenvalue weighted by Crippen LogP contribution is 2.60. The van der Waals surface area contributed by atoms with Gasteiger partial charge in [-0.25, -0.2) is 8.78 Å². The zero-order valence-electron chi connectivity index (χ0n) is 17.3. The van der Waals surface area contributed by atoms with Gasteiger partial charge in [-0.15, -0.1) is 8.78 Å². The number of nitrogens with one attached hydrogen (secondary N) is 4. The fourth-order valence-corrected chi connectivity index (χ4v) is 4.95. The topological polar surface area (TPSA) is 110 Å². The van der Waals surface area contributed by atoms with Crippen LogP contribution < -0.4 is 35.5 Å². The maximum atomic E-state index is 13.1. The van der Waals surface area contributed by atoms with Gasteiger partial charge in [0.05, 0.1) is 12.1 Å². The molecule has 1 aromatic carbocycles. The number of hydrogen-bond donors (Lipinski definition) is 4. The number of rotatable bonds is 7. The normalized spacial score (nSPS) is 33.0. The summed E-state index contributed by atoms with van der Waals surface area (Å²) in [6.45, 7) is -0.192. The number of carbonyl (C=O) groups excluding carboxylic acids is 2. The number of hydrogen-bond acceptors (Lipinski definition) is 7. The highest BCUT2D eigenvalue weighted by atomic mass is 19.3. The van der Waals surface area contributed by atoms with Gasteiger partial charge in [0, 0.05) is 30.2 Å². The quantitative estimate of drug-likeness (QED) is 0.426. The van der Waals surface area contributed by atoms with Crippen molar-refractivity contribution in [1.29, 1.82) is 0 Å². The van der Waals surface area contributed by atoms with Crippen LogP contribution in [-0.4, -0.2) is 67.4 Å². The standard InChI is InChI=1S/C20H22F4N4O5/c21-16(22)11-4-26-12(5-25-11)17(30)28-19-7-18(8-19,9-19)27-15(29)6-31-10-1-2-13-14(3-10)33-20(23,24)32-13/h1-3,11-12,16,25-26H,4-9H2,(H,27,29)(H,28,30). The molecule has 3 saturated carbocycles. The first-order chi connectivity index (χ1) is 15.6. The first kappa shape index (κ1) is 22.0. The lowest BCUT2D eigenvalue weighted by Gasteiger charge is -2.70. The second-order valence-electron chi connectivity index (χ2n) is 9.00. The molecule has 0 aromatic heterocycles. The van der Waals surface area contributed by atoms with E-state index in [9.17, 15) is 27.2 Å². The average Bonchev–Trinajstić information content (AvgIpc) is 3.02. The van der Waals surface area contributed by atoms with Gasteiger partial charge < -0.3 is 35.5 Å². The molecule has 4 fully saturated rings. The van der Waals surface area contributed by atoms with E-state index in [0.717, 1.165) is 0 Å². The largest absolute Gasteiger partial charge is 0.586 e. The van der Waals surface area contributed by atoms with Crippen LogP contribution in [0.4, 0.5) is 17.6 Å². The van der Waals surface area contributed by atoms with Crippen LogP contribution in [0.2, 0.25) is 0 Å². The zero-order valence-corrected chi connectivity index (χ0v) is 17.3. The van der Waals surface area contributed by atoms with Gasteiger partial charge in [-0.1, -0.05) is 0 Å². The van der Waals surface area contributed by atoms with Crippen molar-refractivity contribution in [1.82, 2.24) is 21.3 Å². The van der Waals surface area contributed by atoms with E-state index in [-0.39, 0.29) is 48.8 Å². The molecule has 2 aliphatic heterocycles. The molecule has 2 bridgehead atoms. The second-order valence-corrected chi connectivity index (χ2v) is 9.00. The Labute approximate surface area is 185 Å². The summed E-state index contributed by atoms with van der Waals surface area (Å²) in [6, 6.07) is 2.31. The lowest BCUT2D eigenvalue weighted by Crippen LogP contribution is -2.84. The molecule has 2 unspecified atom stereocenters. The number of halogens is 4. The highest BCUT2D eigenvalue weighted by Gasteiger charge is 2.69. The Morgan fingerprint density at radius 3 is 2.42 bits per heavy atom. The van der Waals surface area contributed by atoms with Gasteiger partial charge in [-0.2, -0.15) is 0 Å². The molecule has 0 radical (unpaired) electrons. The minimum atomic E-state index is -3.73. The third-order valence-electron chi connectivity index (χ3n) is 6.35. The Kier molecular flexibility index (Phi) is 5.08. The fraction of sp³-hybridized carbons (Fsp3) is 0.600. The van der Waals surface area contributed by atoms with Crippen molar-refractivity contribution < 1.29 is 41.4 Å². The molecule has 0 spiro atoms. The Morgan fingerprint density at radius 2 is 1.76 bits per heavy atom. The van der Waals surface area contributed by atoms with Crippen molar-refractivity contribution in [2.75, 3.05) is 19.7 Å². The molecule has 6 rings (SSSR count). The van der Waals surface area contributed by atoms with Crippen molar-refractivity contribution in [3.8, 4) is 17.2 Å². The average molecular weight is 474 g/mol. The Bertz CT molecular complexity index is 950. The smallest absolute Gasteiger partial charge is 0.484 e. The third-order valence-corrected chi connectivity index (χ3v) is 6.35. The molecule has 1 saturated heterocycles. The summed E-state index contributed by atoms with van der Waals surface area (Å²) in [7, 11) is 0. The van der Waals surface area contributed by atoms with Gasteiger partial charge in [0.15, 0.2) is 18.1 Å². The Balaban J connectivity index is 1.04. The van der Waals surface area contributed by atoms with Gasteiger partial charge in [0.25, 0.3) is 12.3 Å². The molecule has 2 atom stereocenters. The molecule has 9 nitrogen and oxygen atoms in total. The van der Waals surface area contributed by atoms with Crippen LogP contribution in [-0.2, 0) is 9.59 Å². The van der Waals surface area contributed by atoms with E-state index in [1.165, 1.54) is 18.2 Å². The summed E-state index contributed by atoms with van der Waals surface area (Å²) < 4.78 is 65.5. The SMILES string of the molecule is O=C(COc1ccc2c(c1)OC(F)(F)O2)NC12CC(NC(=O)C3CNC(C(F)F)CN3)(C1)C2. The van der Waals surface area contributed by atoms with Crippen LogP contribution in [0.3, 0.4) is 0 Å². The summed E-state index contributed by atoms with van der Waals surface area (Å²) in [6.07, 6.45) is -4.53. The summed E-state index contributed by atoms with van der Waals surface area (Å²) in [5, 5.41) is 11.3. The van der Waals surface area contributed by atoms with Crippen LogP contribution in [0, 0.1) is 0 Å². The monoisotopic (exact) mass is 474 g/mol. The maximum absolute atomic E-state index is 13.1. The Hall–Kier alpha value is -2.80. The molecule has 1 aromatic rings. The third kappa shape index (κ3) is 4.26. The highest BCUT2D eigenvalue weighted by molar-refractivity contribution is 5.84. The number of benzene rings is 1. The van der Waals surface area contributed by atoms with Crippen molar-refractivity contribution >= 4 is 11.8 Å². The van der Waals surface area contributed by atoms with Crippen molar-refractivity contribution in [2.24, 2.45) is 0 Å². The van der Waals surface area contributed by atoms with E-state index >= 15 is 0 Å². The van der Waals surface area contributed by atoms with Gasteiger partial charge in [-0.3, -0.25) is 9.59 Å². The molecule has 13 heteroatoms. The number of alkyl halides is 4. The summed E-state index contributed by atoms with van der Waals surface area (Å²) >= 11 is 0. The summed E-state index contributed by atoms with van der Waals surface area (Å²) in [5.41, 5.74) is -0.807. The first-order valence-electron chi connectivity index (χ1n) is 10.5. The summed E-state index contributed by atoms with van der Waals surface area (Å²) in [5.74, 6) is -0.761. The summed E-state index contributed by atoms with van der Waals surface area (Å²) in [4.78, 5) is 24.7. The molecule has 5 aliphatic rings. The minimum absolute atomic E-state index is 0.00848. The van der Waals surface area contributed by atoms with Crippen LogP contribution in [0.5, 0.6) is 17.2 Å². The van der Waals surface area contributed by atoms with E-state index < -0.39 is 35.9 Å². The lowest BCUT2D eigenvalue weighted by molar-refractivity contribution is -0.286. The number of piperazine rings is 1. The maximum Gasteiger partial charge on any atom is 0.586 e. The number of ether oxygens (including phenoxy) is 3. The van der Waals surface area contributed by atoms with Crippen molar-refractivity contribution in [3.63, 3.8) is 0 Å². The van der Waals surface area contributed by atoms with Gasteiger partial charge >= 0.3 is 6.29 Å². The second kappa shape index (κ2) is 7.62. The number of carbonyl (C=O) groups is 2. The van der Waals surface area contributed by atoms with Crippen molar-refractivity contribution in [2.45, 2.75) is 55.1 Å². The van der Waals surface area contributed by atoms with E-state index in [2.05, 4.69) is 30.7 Å². The predicted octanol–water partition coefficient (Wildman–Crippen LogP) is 0.490. The van der Waals surface area contributed by atoms with E-state index in [1.807, 2.05) is 0 Å². The van der Waals surface area contributed by atoms with Gasteiger partial charge in [-0.05, 0) is 31.4 Å². The molecule has 180 valence electrons. The van der Waals surface area contributed by atoms with Crippen molar-refractivity contribution in [3.05, 3.63) is 18.2 Å². The van der Waals surface area contributed by atoms with E-state index in [0.29, 0.717) is 19.3 Å². The Morgan fingerprint density at radius 1 is 1.06 bits per heavy atom. The zero-order chi connectivity index (χ0) is 23.4. The van der Waals surface area contributed by atoms with E-state index in [1.54, 1.807) is 0 Å². The molecule has 3 aliphatic carbocycles. The molecule has 2 heterocycles. The molecule has 2 amide bonds. The lowest BCUT2D eigenvalue weighted by atomic mass is 9.44. The van der Waals surface area contributed by atoms with Gasteiger partial charge in [0.1, 0.15) is 5.75 Å². The van der Waals surface area contributed by atoms with Crippen LogP contribution in [0.25, 0.3) is 0 Å². The molecular formula is C20H22F4N4O5. The van der Waals surface area contributed by atoms with Crippen LogP contribution >= 0.6 is 0 Å². The van der Waals surface area contributed by atoms with E-state index in [4.69, 9.17) is 4.74 Å². The number of amides is 2.